The minimum Gasteiger partial charge on any atom is -0.477 e. The first-order chi connectivity index (χ1) is 12.1. The molecule has 0 aliphatic carbocycles. The number of nitrogens with zero attached hydrogens (tertiary/aromatic N) is 2. The topological polar surface area (TPSA) is 42.4 Å². The molecule has 5 heteroatoms. The van der Waals surface area contributed by atoms with Crippen LogP contribution in [0.15, 0.2) is 42.6 Å². The Morgan fingerprint density at radius 1 is 1.08 bits per heavy atom. The van der Waals surface area contributed by atoms with Crippen molar-refractivity contribution in [3.63, 3.8) is 0 Å². The van der Waals surface area contributed by atoms with Gasteiger partial charge in [-0.2, -0.15) is 0 Å². The summed E-state index contributed by atoms with van der Waals surface area (Å²) in [7, 11) is 4.15. The highest BCUT2D eigenvalue weighted by Gasteiger charge is 2.15. The third-order valence-corrected chi connectivity index (χ3v) is 3.86. The predicted molar refractivity (Wildman–Crippen MR) is 96.6 cm³/mol. The quantitative estimate of drug-likeness (QED) is 0.483. The molecule has 0 aliphatic heterocycles. The maximum absolute atomic E-state index is 13.0. The van der Waals surface area contributed by atoms with Crippen LogP contribution in [0.4, 0.5) is 4.39 Å². The molecule has 2 aromatic rings. The summed E-state index contributed by atoms with van der Waals surface area (Å²) in [5, 5.41) is 0. The van der Waals surface area contributed by atoms with Gasteiger partial charge in [-0.05, 0) is 69.9 Å². The van der Waals surface area contributed by atoms with Crippen molar-refractivity contribution in [2.45, 2.75) is 25.7 Å². The van der Waals surface area contributed by atoms with E-state index in [2.05, 4.69) is 24.0 Å². The van der Waals surface area contributed by atoms with E-state index in [1.807, 2.05) is 0 Å². The summed E-state index contributed by atoms with van der Waals surface area (Å²) in [5.41, 5.74) is 0.824. The van der Waals surface area contributed by atoms with E-state index in [0.29, 0.717) is 23.6 Å². The zero-order chi connectivity index (χ0) is 18.1. The SMILES string of the molecule is CN(C)CCCCCCOc1ncccc1C(=O)c1ccc(F)cc1. The van der Waals surface area contributed by atoms with Gasteiger partial charge in [0.15, 0.2) is 5.78 Å². The Morgan fingerprint density at radius 2 is 1.80 bits per heavy atom. The average molecular weight is 344 g/mol. The second-order valence-electron chi connectivity index (χ2n) is 6.26. The number of hydrogen-bond acceptors (Lipinski definition) is 4. The van der Waals surface area contributed by atoms with Gasteiger partial charge in [-0.1, -0.05) is 12.8 Å². The van der Waals surface area contributed by atoms with Crippen LogP contribution in [0.3, 0.4) is 0 Å². The van der Waals surface area contributed by atoms with Crippen LogP contribution >= 0.6 is 0 Å². The number of ketones is 1. The number of aromatic nitrogens is 1. The average Bonchev–Trinajstić information content (AvgIpc) is 2.61. The number of carbonyl (C=O) groups is 1. The van der Waals surface area contributed by atoms with E-state index in [9.17, 15) is 9.18 Å². The number of ether oxygens (including phenoxy) is 1. The van der Waals surface area contributed by atoms with Crippen molar-refractivity contribution in [1.29, 1.82) is 0 Å². The van der Waals surface area contributed by atoms with E-state index in [0.717, 1.165) is 25.8 Å². The van der Waals surface area contributed by atoms with E-state index >= 15 is 0 Å². The van der Waals surface area contributed by atoms with Gasteiger partial charge in [-0.15, -0.1) is 0 Å². The predicted octanol–water partition coefficient (Wildman–Crippen LogP) is 3.95. The van der Waals surface area contributed by atoms with Crippen molar-refractivity contribution in [3.8, 4) is 5.88 Å². The summed E-state index contributed by atoms with van der Waals surface area (Å²) in [4.78, 5) is 18.9. The van der Waals surface area contributed by atoms with Crippen LogP contribution in [-0.4, -0.2) is 42.9 Å². The lowest BCUT2D eigenvalue weighted by atomic mass is 10.0. The molecule has 134 valence electrons. The Labute approximate surface area is 148 Å². The number of hydrogen-bond donors (Lipinski definition) is 0. The van der Waals surface area contributed by atoms with Gasteiger partial charge >= 0.3 is 0 Å². The molecular weight excluding hydrogens is 319 g/mol. The highest BCUT2D eigenvalue weighted by molar-refractivity contribution is 6.10. The fourth-order valence-electron chi connectivity index (χ4n) is 2.49. The smallest absolute Gasteiger partial charge is 0.224 e. The van der Waals surface area contributed by atoms with Gasteiger partial charge in [0, 0.05) is 11.8 Å². The van der Waals surface area contributed by atoms with Crippen LogP contribution in [-0.2, 0) is 0 Å². The summed E-state index contributed by atoms with van der Waals surface area (Å²) >= 11 is 0. The van der Waals surface area contributed by atoms with E-state index in [1.54, 1.807) is 18.3 Å². The van der Waals surface area contributed by atoms with E-state index in [-0.39, 0.29) is 11.6 Å². The van der Waals surface area contributed by atoms with Gasteiger partial charge in [0.05, 0.1) is 12.2 Å². The van der Waals surface area contributed by atoms with Crippen LogP contribution in [0.25, 0.3) is 0 Å². The Balaban J connectivity index is 1.88. The van der Waals surface area contributed by atoms with Crippen molar-refractivity contribution in [2.75, 3.05) is 27.2 Å². The largest absolute Gasteiger partial charge is 0.477 e. The van der Waals surface area contributed by atoms with Crippen molar-refractivity contribution in [1.82, 2.24) is 9.88 Å². The molecule has 0 N–H and O–H groups in total. The van der Waals surface area contributed by atoms with Gasteiger partial charge in [0.1, 0.15) is 5.82 Å². The Bertz CT molecular complexity index is 672. The van der Waals surface area contributed by atoms with E-state index in [4.69, 9.17) is 4.74 Å². The van der Waals surface area contributed by atoms with Crippen molar-refractivity contribution >= 4 is 5.78 Å². The molecule has 0 saturated carbocycles. The van der Waals surface area contributed by atoms with Crippen molar-refractivity contribution in [2.24, 2.45) is 0 Å². The molecular formula is C20H25FN2O2. The standard InChI is InChI=1S/C20H25FN2O2/c1-23(2)14-5-3-4-6-15-25-20-18(8-7-13-22-20)19(24)16-9-11-17(21)12-10-16/h7-13H,3-6,14-15H2,1-2H3. The van der Waals surface area contributed by atoms with Crippen LogP contribution in [0, 0.1) is 5.82 Å². The summed E-state index contributed by atoms with van der Waals surface area (Å²) in [6, 6.07) is 8.88. The number of halogens is 1. The minimum absolute atomic E-state index is 0.214. The molecule has 0 fully saturated rings. The molecule has 1 heterocycles. The fraction of sp³-hybridized carbons (Fsp3) is 0.400. The molecule has 0 bridgehead atoms. The maximum Gasteiger partial charge on any atom is 0.224 e. The lowest BCUT2D eigenvalue weighted by Gasteiger charge is -2.10. The highest BCUT2D eigenvalue weighted by atomic mass is 19.1. The zero-order valence-electron chi connectivity index (χ0n) is 14.9. The molecule has 2 rings (SSSR count). The lowest BCUT2D eigenvalue weighted by molar-refractivity contribution is 0.103. The second kappa shape index (κ2) is 9.89. The number of benzene rings is 1. The monoisotopic (exact) mass is 344 g/mol. The molecule has 0 aliphatic rings. The summed E-state index contributed by atoms with van der Waals surface area (Å²) in [5.74, 6) is -0.243. The minimum atomic E-state index is -0.367. The second-order valence-corrected chi connectivity index (χ2v) is 6.26. The van der Waals surface area contributed by atoms with Crippen molar-refractivity contribution in [3.05, 3.63) is 59.5 Å². The summed E-state index contributed by atoms with van der Waals surface area (Å²) in [6.07, 6.45) is 5.94. The molecule has 0 saturated heterocycles. The van der Waals surface area contributed by atoms with Gasteiger partial charge < -0.3 is 9.64 Å². The van der Waals surface area contributed by atoms with Gasteiger partial charge in [-0.3, -0.25) is 4.79 Å². The number of unbranched alkanes of at least 4 members (excludes halogenated alkanes) is 3. The molecule has 1 aromatic heterocycles. The first-order valence-electron chi connectivity index (χ1n) is 8.61. The summed E-state index contributed by atoms with van der Waals surface area (Å²) < 4.78 is 18.7. The Morgan fingerprint density at radius 3 is 2.52 bits per heavy atom. The molecule has 0 unspecified atom stereocenters. The molecule has 25 heavy (non-hydrogen) atoms. The molecule has 0 spiro atoms. The van der Waals surface area contributed by atoms with Gasteiger partial charge in [0.2, 0.25) is 5.88 Å². The van der Waals surface area contributed by atoms with Gasteiger partial charge in [-0.25, -0.2) is 9.37 Å². The van der Waals surface area contributed by atoms with E-state index in [1.165, 1.54) is 30.7 Å². The Hall–Kier alpha value is -2.27. The normalized spacial score (nSPS) is 10.9. The third kappa shape index (κ3) is 6.27. The molecule has 0 radical (unpaired) electrons. The summed E-state index contributed by atoms with van der Waals surface area (Å²) in [6.45, 7) is 1.63. The van der Waals surface area contributed by atoms with Gasteiger partial charge in [0.25, 0.3) is 0 Å². The first-order valence-corrected chi connectivity index (χ1v) is 8.61. The molecule has 1 aromatic carbocycles. The number of pyridine rings is 1. The zero-order valence-corrected chi connectivity index (χ0v) is 14.9. The first kappa shape index (κ1) is 19.1. The molecule has 0 atom stereocenters. The Kier molecular flexibility index (Phi) is 7.54. The highest BCUT2D eigenvalue weighted by Crippen LogP contribution is 2.19. The van der Waals surface area contributed by atoms with Crippen LogP contribution in [0.5, 0.6) is 5.88 Å². The van der Waals surface area contributed by atoms with Crippen molar-refractivity contribution < 1.29 is 13.9 Å². The van der Waals surface area contributed by atoms with Crippen LogP contribution in [0.1, 0.15) is 41.6 Å². The maximum atomic E-state index is 13.0. The lowest BCUT2D eigenvalue weighted by Crippen LogP contribution is -2.12. The van der Waals surface area contributed by atoms with Crippen LogP contribution in [0.2, 0.25) is 0 Å². The third-order valence-electron chi connectivity index (χ3n) is 3.86. The number of rotatable bonds is 10. The molecule has 0 amide bonds. The molecule has 4 nitrogen and oxygen atoms in total. The fourth-order valence-corrected chi connectivity index (χ4v) is 2.49. The van der Waals surface area contributed by atoms with Crippen LogP contribution < -0.4 is 4.74 Å². The number of carbonyl (C=O) groups excluding carboxylic acids is 1. The van der Waals surface area contributed by atoms with E-state index < -0.39 is 0 Å².